The van der Waals surface area contributed by atoms with Gasteiger partial charge in [0.2, 0.25) is 0 Å². The molecule has 1 heterocycles. The molecule has 110 valence electrons. The number of rotatable bonds is 5. The van der Waals surface area contributed by atoms with Gasteiger partial charge < -0.3 is 5.73 Å². The summed E-state index contributed by atoms with van der Waals surface area (Å²) < 4.78 is 0. The molecule has 2 nitrogen and oxygen atoms in total. The zero-order valence-electron chi connectivity index (χ0n) is 12.5. The molecule has 3 rings (SSSR count). The fraction of sp³-hybridized carbons (Fsp3) is 0.368. The van der Waals surface area contributed by atoms with E-state index in [-0.39, 0.29) is 5.41 Å². The molecule has 1 atom stereocenters. The molecule has 1 fully saturated rings. The van der Waals surface area contributed by atoms with Gasteiger partial charge in [0.15, 0.2) is 0 Å². The highest BCUT2D eigenvalue weighted by molar-refractivity contribution is 5.18. The summed E-state index contributed by atoms with van der Waals surface area (Å²) >= 11 is 0. The molecule has 1 saturated heterocycles. The molecule has 0 amide bonds. The van der Waals surface area contributed by atoms with Crippen LogP contribution in [0.5, 0.6) is 0 Å². The molecular weight excluding hydrogens is 256 g/mol. The first-order valence-electron chi connectivity index (χ1n) is 7.80. The van der Waals surface area contributed by atoms with Crippen molar-refractivity contribution in [2.24, 2.45) is 11.1 Å². The molecule has 0 radical (unpaired) electrons. The van der Waals surface area contributed by atoms with Crippen LogP contribution in [0.15, 0.2) is 60.7 Å². The minimum absolute atomic E-state index is 0.246. The predicted octanol–water partition coefficient (Wildman–Crippen LogP) is 3.08. The van der Waals surface area contributed by atoms with Crippen LogP contribution in [-0.4, -0.2) is 24.5 Å². The minimum Gasteiger partial charge on any atom is -0.330 e. The number of nitrogens with zero attached hydrogens (tertiary/aromatic N) is 1. The minimum atomic E-state index is 0.246. The van der Waals surface area contributed by atoms with Gasteiger partial charge in [-0.25, -0.2) is 0 Å². The average Bonchev–Trinajstić information content (AvgIpc) is 2.93. The summed E-state index contributed by atoms with van der Waals surface area (Å²) in [5.74, 6) is 0. The van der Waals surface area contributed by atoms with E-state index in [4.69, 9.17) is 5.73 Å². The molecule has 0 saturated carbocycles. The Morgan fingerprint density at radius 1 is 0.905 bits per heavy atom. The first-order chi connectivity index (χ1) is 10.3. The van der Waals surface area contributed by atoms with Gasteiger partial charge in [-0.05, 0) is 37.1 Å². The zero-order chi connectivity index (χ0) is 14.5. The van der Waals surface area contributed by atoms with Crippen LogP contribution in [0.25, 0.3) is 0 Å². The number of hydrogen-bond donors (Lipinski definition) is 1. The Morgan fingerprint density at radius 3 is 2.14 bits per heavy atom. The maximum Gasteiger partial charge on any atom is 0.0233 e. The third kappa shape index (κ3) is 3.52. The summed E-state index contributed by atoms with van der Waals surface area (Å²) in [6.45, 7) is 4.07. The van der Waals surface area contributed by atoms with Gasteiger partial charge in [-0.1, -0.05) is 60.7 Å². The van der Waals surface area contributed by atoms with Crippen molar-refractivity contribution < 1.29 is 0 Å². The molecule has 21 heavy (non-hydrogen) atoms. The highest BCUT2D eigenvalue weighted by atomic mass is 15.2. The van der Waals surface area contributed by atoms with Crippen molar-refractivity contribution in [1.82, 2.24) is 4.90 Å². The Morgan fingerprint density at radius 2 is 1.52 bits per heavy atom. The molecule has 1 aliphatic heterocycles. The number of benzene rings is 2. The van der Waals surface area contributed by atoms with E-state index in [0.29, 0.717) is 0 Å². The fourth-order valence-electron chi connectivity index (χ4n) is 3.42. The fourth-order valence-corrected chi connectivity index (χ4v) is 3.42. The third-order valence-electron chi connectivity index (χ3n) is 4.62. The first kappa shape index (κ1) is 14.3. The van der Waals surface area contributed by atoms with Gasteiger partial charge in [-0.3, -0.25) is 4.90 Å². The van der Waals surface area contributed by atoms with Crippen LogP contribution < -0.4 is 5.73 Å². The largest absolute Gasteiger partial charge is 0.330 e. The molecule has 0 spiro atoms. The van der Waals surface area contributed by atoms with Crippen LogP contribution >= 0.6 is 0 Å². The van der Waals surface area contributed by atoms with Crippen molar-refractivity contribution in [2.45, 2.75) is 19.4 Å². The SMILES string of the molecule is NCC1(Cc2ccccc2)CCN(Cc2ccccc2)C1. The predicted molar refractivity (Wildman–Crippen MR) is 88.0 cm³/mol. The Bertz CT molecular complexity index is 552. The number of hydrogen-bond acceptors (Lipinski definition) is 2. The summed E-state index contributed by atoms with van der Waals surface area (Å²) in [6, 6.07) is 21.5. The summed E-state index contributed by atoms with van der Waals surface area (Å²) in [4.78, 5) is 2.55. The van der Waals surface area contributed by atoms with Crippen molar-refractivity contribution in [3.8, 4) is 0 Å². The van der Waals surface area contributed by atoms with E-state index in [1.165, 1.54) is 17.5 Å². The van der Waals surface area contributed by atoms with Gasteiger partial charge in [0.25, 0.3) is 0 Å². The third-order valence-corrected chi connectivity index (χ3v) is 4.62. The van der Waals surface area contributed by atoms with Gasteiger partial charge in [0.1, 0.15) is 0 Å². The molecule has 1 aliphatic rings. The lowest BCUT2D eigenvalue weighted by Gasteiger charge is -2.28. The summed E-state index contributed by atoms with van der Waals surface area (Å²) in [6.07, 6.45) is 2.29. The zero-order valence-corrected chi connectivity index (χ0v) is 12.5. The van der Waals surface area contributed by atoms with Crippen molar-refractivity contribution in [1.29, 1.82) is 0 Å². The Kier molecular flexibility index (Phi) is 4.37. The molecule has 0 aliphatic carbocycles. The smallest absolute Gasteiger partial charge is 0.0233 e. The molecule has 0 aromatic heterocycles. The highest BCUT2D eigenvalue weighted by Crippen LogP contribution is 2.34. The molecule has 2 aromatic carbocycles. The standard InChI is InChI=1S/C19H24N2/c20-15-19(13-17-7-3-1-4-8-17)11-12-21(16-19)14-18-9-5-2-6-10-18/h1-10H,11-16,20H2. The quantitative estimate of drug-likeness (QED) is 0.912. The van der Waals surface area contributed by atoms with Gasteiger partial charge in [-0.15, -0.1) is 0 Å². The lowest BCUT2D eigenvalue weighted by Crippen LogP contribution is -2.36. The van der Waals surface area contributed by atoms with Crippen LogP contribution in [0.1, 0.15) is 17.5 Å². The van der Waals surface area contributed by atoms with Crippen LogP contribution in [0.2, 0.25) is 0 Å². The van der Waals surface area contributed by atoms with Crippen LogP contribution in [-0.2, 0) is 13.0 Å². The average molecular weight is 280 g/mol. The van der Waals surface area contributed by atoms with E-state index >= 15 is 0 Å². The second-order valence-electron chi connectivity index (χ2n) is 6.31. The van der Waals surface area contributed by atoms with Gasteiger partial charge >= 0.3 is 0 Å². The van der Waals surface area contributed by atoms with E-state index in [0.717, 1.165) is 32.6 Å². The first-order valence-corrected chi connectivity index (χ1v) is 7.80. The van der Waals surface area contributed by atoms with Crippen LogP contribution in [0, 0.1) is 5.41 Å². The number of nitrogens with two attached hydrogens (primary N) is 1. The van der Waals surface area contributed by atoms with Crippen molar-refractivity contribution >= 4 is 0 Å². The topological polar surface area (TPSA) is 29.3 Å². The Hall–Kier alpha value is -1.64. The van der Waals surface area contributed by atoms with E-state index < -0.39 is 0 Å². The van der Waals surface area contributed by atoms with Crippen LogP contribution in [0.3, 0.4) is 0 Å². The molecule has 0 bridgehead atoms. The highest BCUT2D eigenvalue weighted by Gasteiger charge is 2.36. The van der Waals surface area contributed by atoms with Crippen LogP contribution in [0.4, 0.5) is 0 Å². The summed E-state index contributed by atoms with van der Waals surface area (Å²) in [5, 5.41) is 0. The maximum absolute atomic E-state index is 6.15. The molecule has 2 aromatic rings. The molecule has 1 unspecified atom stereocenters. The van der Waals surface area contributed by atoms with E-state index in [9.17, 15) is 0 Å². The molecular formula is C19H24N2. The molecule has 2 heteroatoms. The monoisotopic (exact) mass is 280 g/mol. The van der Waals surface area contributed by atoms with Crippen molar-refractivity contribution in [2.75, 3.05) is 19.6 Å². The van der Waals surface area contributed by atoms with Crippen molar-refractivity contribution in [3.63, 3.8) is 0 Å². The van der Waals surface area contributed by atoms with Gasteiger partial charge in [0, 0.05) is 18.5 Å². The second kappa shape index (κ2) is 6.42. The second-order valence-corrected chi connectivity index (χ2v) is 6.31. The Balaban J connectivity index is 1.65. The maximum atomic E-state index is 6.15. The lowest BCUT2D eigenvalue weighted by molar-refractivity contribution is 0.255. The summed E-state index contributed by atoms with van der Waals surface area (Å²) in [7, 11) is 0. The molecule has 2 N–H and O–H groups in total. The van der Waals surface area contributed by atoms with E-state index in [2.05, 4.69) is 65.6 Å². The van der Waals surface area contributed by atoms with Crippen molar-refractivity contribution in [3.05, 3.63) is 71.8 Å². The van der Waals surface area contributed by atoms with Gasteiger partial charge in [-0.2, -0.15) is 0 Å². The Labute approximate surface area is 127 Å². The van der Waals surface area contributed by atoms with Gasteiger partial charge in [0.05, 0.1) is 0 Å². The summed E-state index contributed by atoms with van der Waals surface area (Å²) in [5.41, 5.74) is 9.19. The van der Waals surface area contributed by atoms with E-state index in [1.807, 2.05) is 0 Å². The number of likely N-dealkylation sites (tertiary alicyclic amines) is 1. The lowest BCUT2D eigenvalue weighted by atomic mass is 9.81. The van der Waals surface area contributed by atoms with E-state index in [1.54, 1.807) is 0 Å². The normalized spacial score (nSPS) is 22.5.